The zero-order valence-corrected chi connectivity index (χ0v) is 9.32. The number of carboxylic acid groups (broad SMARTS) is 1. The van der Waals surface area contributed by atoms with E-state index in [-0.39, 0.29) is 25.1 Å². The fraction of sp³-hybridized carbons (Fsp3) is 0.778. The van der Waals surface area contributed by atoms with E-state index in [1.54, 1.807) is 14.2 Å². The molecule has 2 amide bonds. The fourth-order valence-electron chi connectivity index (χ4n) is 0.814. The molecule has 0 heterocycles. The van der Waals surface area contributed by atoms with Crippen LogP contribution in [0.25, 0.3) is 0 Å². The molecular weight excluding hydrogens is 200 g/mol. The monoisotopic (exact) mass is 218 g/mol. The number of carbonyl (C=O) groups is 2. The Bertz CT molecular complexity index is 220. The minimum Gasteiger partial charge on any atom is -0.481 e. The van der Waals surface area contributed by atoms with Crippen LogP contribution < -0.4 is 5.32 Å². The molecule has 88 valence electrons. The van der Waals surface area contributed by atoms with Gasteiger partial charge in [-0.1, -0.05) is 0 Å². The van der Waals surface area contributed by atoms with Crippen molar-refractivity contribution in [1.82, 2.24) is 10.2 Å². The number of amides is 2. The van der Waals surface area contributed by atoms with E-state index in [2.05, 4.69) is 5.32 Å². The molecule has 1 unspecified atom stereocenters. The van der Waals surface area contributed by atoms with Gasteiger partial charge in [0.25, 0.3) is 0 Å². The highest BCUT2D eigenvalue weighted by Crippen LogP contribution is 1.90. The molecule has 0 fully saturated rings. The van der Waals surface area contributed by atoms with E-state index in [1.165, 1.54) is 4.90 Å². The Balaban J connectivity index is 3.74. The van der Waals surface area contributed by atoms with Crippen molar-refractivity contribution in [2.24, 2.45) is 0 Å². The van der Waals surface area contributed by atoms with Crippen LogP contribution in [0.2, 0.25) is 0 Å². The zero-order valence-electron chi connectivity index (χ0n) is 9.32. The average Bonchev–Trinajstić information content (AvgIpc) is 2.21. The summed E-state index contributed by atoms with van der Waals surface area (Å²) in [6.45, 7) is 2.44. The molecule has 1 atom stereocenters. The number of rotatable bonds is 6. The Morgan fingerprint density at radius 2 is 2.13 bits per heavy atom. The van der Waals surface area contributed by atoms with Crippen LogP contribution in [0, 0.1) is 0 Å². The summed E-state index contributed by atoms with van der Waals surface area (Å²) >= 11 is 0. The highest BCUT2D eigenvalue weighted by Gasteiger charge is 2.10. The summed E-state index contributed by atoms with van der Waals surface area (Å²) < 4.78 is 4.95. The standard InChI is InChI=1S/C9H18N2O4/c1-7(15-3)6-10-9(14)11(2)5-4-8(12)13/h7H,4-6H2,1-3H3,(H,10,14)(H,12,13). The lowest BCUT2D eigenvalue weighted by atomic mass is 10.4. The molecule has 0 aromatic heterocycles. The van der Waals surface area contributed by atoms with E-state index in [4.69, 9.17) is 9.84 Å². The minimum atomic E-state index is -0.917. The molecule has 6 nitrogen and oxygen atoms in total. The summed E-state index contributed by atoms with van der Waals surface area (Å²) in [5, 5.41) is 11.0. The van der Waals surface area contributed by atoms with Crippen molar-refractivity contribution in [2.75, 3.05) is 27.2 Å². The van der Waals surface area contributed by atoms with Gasteiger partial charge in [-0.15, -0.1) is 0 Å². The maximum Gasteiger partial charge on any atom is 0.317 e. The second-order valence-corrected chi connectivity index (χ2v) is 3.30. The second-order valence-electron chi connectivity index (χ2n) is 3.30. The van der Waals surface area contributed by atoms with Crippen LogP contribution in [0.5, 0.6) is 0 Å². The molecule has 0 radical (unpaired) electrons. The summed E-state index contributed by atoms with van der Waals surface area (Å²) in [6.07, 6.45) is -0.106. The molecule has 0 spiro atoms. The first-order chi connectivity index (χ1) is 6.97. The average molecular weight is 218 g/mol. The molecule has 0 rings (SSSR count). The lowest BCUT2D eigenvalue weighted by Gasteiger charge is -2.18. The lowest BCUT2D eigenvalue weighted by molar-refractivity contribution is -0.137. The first-order valence-corrected chi connectivity index (χ1v) is 4.71. The summed E-state index contributed by atoms with van der Waals surface area (Å²) in [5.41, 5.74) is 0. The molecule has 0 aliphatic carbocycles. The van der Waals surface area contributed by atoms with Crippen molar-refractivity contribution in [3.05, 3.63) is 0 Å². The van der Waals surface area contributed by atoms with Crippen molar-refractivity contribution in [2.45, 2.75) is 19.4 Å². The molecular formula is C9H18N2O4. The number of nitrogens with zero attached hydrogens (tertiary/aromatic N) is 1. The Kier molecular flexibility index (Phi) is 6.44. The predicted octanol–water partition coefficient (Wildman–Crippen LogP) is 0.137. The van der Waals surface area contributed by atoms with E-state index in [1.807, 2.05) is 6.92 Å². The highest BCUT2D eigenvalue weighted by atomic mass is 16.5. The van der Waals surface area contributed by atoms with E-state index in [9.17, 15) is 9.59 Å². The normalized spacial score (nSPS) is 11.9. The number of methoxy groups -OCH3 is 1. The first kappa shape index (κ1) is 13.7. The zero-order chi connectivity index (χ0) is 11.8. The van der Waals surface area contributed by atoms with Gasteiger partial charge in [-0.05, 0) is 6.92 Å². The van der Waals surface area contributed by atoms with Gasteiger partial charge in [0.15, 0.2) is 0 Å². The molecule has 0 saturated heterocycles. The quantitative estimate of drug-likeness (QED) is 0.664. The van der Waals surface area contributed by atoms with E-state index < -0.39 is 5.97 Å². The molecule has 0 bridgehead atoms. The molecule has 0 aromatic carbocycles. The number of nitrogens with one attached hydrogen (secondary N) is 1. The van der Waals surface area contributed by atoms with Gasteiger partial charge in [0.2, 0.25) is 0 Å². The Labute approximate surface area is 89.2 Å². The molecule has 15 heavy (non-hydrogen) atoms. The highest BCUT2D eigenvalue weighted by molar-refractivity contribution is 5.74. The van der Waals surface area contributed by atoms with Crippen molar-refractivity contribution in [3.63, 3.8) is 0 Å². The van der Waals surface area contributed by atoms with Crippen molar-refractivity contribution >= 4 is 12.0 Å². The molecule has 6 heteroatoms. The van der Waals surface area contributed by atoms with Gasteiger partial charge in [0, 0.05) is 27.2 Å². The number of urea groups is 1. The first-order valence-electron chi connectivity index (χ1n) is 4.71. The van der Waals surface area contributed by atoms with Crippen LogP contribution in [0.4, 0.5) is 4.79 Å². The van der Waals surface area contributed by atoms with Gasteiger partial charge in [0.1, 0.15) is 0 Å². The molecule has 0 aliphatic heterocycles. The molecule has 2 N–H and O–H groups in total. The van der Waals surface area contributed by atoms with Gasteiger partial charge < -0.3 is 20.1 Å². The SMILES string of the molecule is COC(C)CNC(=O)N(C)CCC(=O)O. The number of ether oxygens (including phenoxy) is 1. The number of aliphatic carboxylic acids is 1. The van der Waals surface area contributed by atoms with Crippen LogP contribution >= 0.6 is 0 Å². The van der Waals surface area contributed by atoms with Crippen LogP contribution in [-0.4, -0.2) is 55.4 Å². The number of carbonyl (C=O) groups excluding carboxylic acids is 1. The smallest absolute Gasteiger partial charge is 0.317 e. The molecule has 0 aliphatic rings. The van der Waals surface area contributed by atoms with Gasteiger partial charge in [-0.2, -0.15) is 0 Å². The Hall–Kier alpha value is -1.30. The van der Waals surface area contributed by atoms with Gasteiger partial charge in [0.05, 0.1) is 12.5 Å². The number of hydrogen-bond donors (Lipinski definition) is 2. The second kappa shape index (κ2) is 7.05. The Morgan fingerprint density at radius 3 is 2.60 bits per heavy atom. The predicted molar refractivity (Wildman–Crippen MR) is 54.8 cm³/mol. The maximum atomic E-state index is 11.3. The summed E-state index contributed by atoms with van der Waals surface area (Å²) in [7, 11) is 3.11. The van der Waals surface area contributed by atoms with Crippen LogP contribution in [0.15, 0.2) is 0 Å². The third kappa shape index (κ3) is 6.73. The van der Waals surface area contributed by atoms with Crippen molar-refractivity contribution < 1.29 is 19.4 Å². The van der Waals surface area contributed by atoms with Crippen LogP contribution in [-0.2, 0) is 9.53 Å². The summed E-state index contributed by atoms with van der Waals surface area (Å²) in [6, 6.07) is -0.292. The number of hydrogen-bond acceptors (Lipinski definition) is 3. The van der Waals surface area contributed by atoms with Crippen LogP contribution in [0.3, 0.4) is 0 Å². The third-order valence-corrected chi connectivity index (χ3v) is 1.95. The largest absolute Gasteiger partial charge is 0.481 e. The van der Waals surface area contributed by atoms with Crippen molar-refractivity contribution in [3.8, 4) is 0 Å². The third-order valence-electron chi connectivity index (χ3n) is 1.95. The van der Waals surface area contributed by atoms with E-state index in [0.29, 0.717) is 6.54 Å². The van der Waals surface area contributed by atoms with Gasteiger partial charge in [-0.25, -0.2) is 4.79 Å². The maximum absolute atomic E-state index is 11.3. The number of carboxylic acids is 1. The van der Waals surface area contributed by atoms with E-state index in [0.717, 1.165) is 0 Å². The van der Waals surface area contributed by atoms with Crippen LogP contribution in [0.1, 0.15) is 13.3 Å². The fourth-order valence-corrected chi connectivity index (χ4v) is 0.814. The van der Waals surface area contributed by atoms with Gasteiger partial charge in [-0.3, -0.25) is 4.79 Å². The summed E-state index contributed by atoms with van der Waals surface area (Å²) in [5.74, 6) is -0.917. The minimum absolute atomic E-state index is 0.0518. The Morgan fingerprint density at radius 1 is 1.53 bits per heavy atom. The van der Waals surface area contributed by atoms with Gasteiger partial charge >= 0.3 is 12.0 Å². The summed E-state index contributed by atoms with van der Waals surface area (Å²) in [4.78, 5) is 22.9. The topological polar surface area (TPSA) is 78.9 Å². The van der Waals surface area contributed by atoms with E-state index >= 15 is 0 Å². The van der Waals surface area contributed by atoms with Crippen molar-refractivity contribution in [1.29, 1.82) is 0 Å². The lowest BCUT2D eigenvalue weighted by Crippen LogP contribution is -2.41. The molecule has 0 aromatic rings. The molecule has 0 saturated carbocycles.